The molecule has 542 valence electrons. The van der Waals surface area contributed by atoms with E-state index in [0.29, 0.717) is 14.9 Å². The van der Waals surface area contributed by atoms with Gasteiger partial charge in [-0.15, -0.1) is 34.0 Å². The van der Waals surface area contributed by atoms with Gasteiger partial charge in [-0.1, -0.05) is 128 Å². The lowest BCUT2D eigenvalue weighted by Crippen LogP contribution is -2.29. The number of hydrogen-bond acceptors (Lipinski definition) is 28. The number of carbonyl (C=O) groups is 2. The zero-order valence-corrected chi connectivity index (χ0v) is 66.3. The van der Waals surface area contributed by atoms with Gasteiger partial charge in [0, 0.05) is 26.8 Å². The van der Waals surface area contributed by atoms with Crippen LogP contribution in [0.3, 0.4) is 0 Å². The molecule has 0 radical (unpaired) electrons. The zero-order chi connectivity index (χ0) is 75.5. The first-order valence-corrected chi connectivity index (χ1v) is 43.6. The van der Waals surface area contributed by atoms with Crippen LogP contribution < -0.4 is 11.5 Å². The topological polar surface area (TPSA) is 411 Å². The van der Waals surface area contributed by atoms with Gasteiger partial charge in [0.25, 0.3) is 0 Å². The Morgan fingerprint density at radius 1 is 0.584 bits per heavy atom. The van der Waals surface area contributed by atoms with Crippen LogP contribution in [0.4, 0.5) is 0 Å². The number of oxazole rings is 1. The Labute approximate surface area is 626 Å². The van der Waals surface area contributed by atoms with E-state index in [0.717, 1.165) is 37.1 Å². The molecule has 10 aromatic rings. The molecule has 0 atom stereocenters. The molecule has 0 bridgehead atoms. The molecule has 0 unspecified atom stereocenters. The van der Waals surface area contributed by atoms with Crippen molar-refractivity contribution in [3.63, 3.8) is 0 Å². The Morgan fingerprint density at radius 3 is 1.52 bits per heavy atom. The van der Waals surface area contributed by atoms with Gasteiger partial charge in [0.2, 0.25) is 9.84 Å². The number of esters is 2. The number of pyridine rings is 1. The molecule has 0 aliphatic carbocycles. The fraction of sp³-hybridized carbons (Fsp3) is 0.222. The Balaban J connectivity index is 0.000000301. The number of ether oxygens (including phenoxy) is 2. The van der Waals surface area contributed by atoms with Gasteiger partial charge in [-0.2, -0.15) is 5.26 Å². The summed E-state index contributed by atoms with van der Waals surface area (Å²) in [5.74, 6) is -2.61. The number of carbonyl (C=O) groups excluding carboxylic acids is 2. The first-order valence-electron chi connectivity index (χ1n) is 28.6. The van der Waals surface area contributed by atoms with E-state index >= 15 is 0 Å². The molecule has 0 aliphatic heterocycles. The molecule has 4 N–H and O–H groups in total. The van der Waals surface area contributed by atoms with Crippen LogP contribution in [0.25, 0.3) is 21.5 Å². The Hall–Kier alpha value is -7.39. The Morgan fingerprint density at radius 2 is 1.09 bits per heavy atom. The SMILES string of the molecule is Brc1ccc(-c2cnco2)cc1.Brc1ccc2ncsc2c1.CC(C)(C)S(=O)(=O)CC#N.CCOC(=O)CS(=O)(=O)c1ccccc1.CCOC(=O)CS(=O)(=O)c1cccs1.NC(=S)CS(=O)(=O)c1ccccn1.NC(=S)CS(=O)(=O)c1cccs1.O=S(=O)(Cc1ccno1)c1ccccc1. The van der Waals surface area contributed by atoms with Crippen molar-refractivity contribution in [2.24, 2.45) is 11.5 Å². The van der Waals surface area contributed by atoms with Gasteiger partial charge >= 0.3 is 11.9 Å². The summed E-state index contributed by atoms with van der Waals surface area (Å²) >= 11 is 19.7. The molecule has 0 amide bonds. The maximum atomic E-state index is 11.8. The standard InChI is InChI=1S/C10H9NO3S.C10H12O4S.C9H6BrNO.C8H10O4S2.C7H4BrNS.C7H8N2O2S2.C6H7NO2S3.C6H11NO2S/c12-15(13,8-9-6-7-11-14-9)10-4-2-1-3-5-10;1-2-14-10(11)8-15(12,13)9-6-4-3-5-7-9;10-8-3-1-7(2-4-8)9-5-11-6-12-9;1-2-12-7(9)6-14(10,11)8-4-3-5-13-8;8-5-1-2-6-7(3-5)10-4-9-6;8-6(12)5-13(10,11)7-3-1-2-4-9-7;7-5(10)4-12(8,9)6-2-1-3-11-6;1-6(2,3)10(8,9)5-4-7/h1-7H,8H2;3-7H,2,8H2,1H3;1-6H;3-5H,2,6H2,1H3;1-4H;1-4H,5H2,(H2,8,12);1-3H,4H2,(H2,7,10);5H2,1-3H3. The quantitative estimate of drug-likeness (QED) is 0.0561. The summed E-state index contributed by atoms with van der Waals surface area (Å²) in [6, 6.07) is 44.2. The monoisotopic (exact) mass is 1720 g/mol. The average Bonchev–Trinajstić information content (AvgIpc) is 1.77. The van der Waals surface area contributed by atoms with Gasteiger partial charge in [-0.25, -0.2) is 65.5 Å². The fourth-order valence-corrected chi connectivity index (χ4v) is 17.6. The largest absolute Gasteiger partial charge is 0.465 e. The van der Waals surface area contributed by atoms with Crippen molar-refractivity contribution < 1.29 is 78.5 Å². The second-order valence-corrected chi connectivity index (χ2v) is 39.1. The molecule has 0 spiro atoms. The number of nitriles is 1. The third-order valence-corrected chi connectivity index (χ3v) is 27.4. The molecule has 6 heterocycles. The number of thiazole rings is 1. The van der Waals surface area contributed by atoms with Crippen LogP contribution in [0, 0.1) is 11.3 Å². The normalized spacial score (nSPS) is 11.1. The molecule has 0 saturated carbocycles. The van der Waals surface area contributed by atoms with Crippen LogP contribution in [0.2, 0.25) is 0 Å². The van der Waals surface area contributed by atoms with Crippen LogP contribution in [-0.2, 0) is 83.8 Å². The molecular weight excluding hydrogens is 1660 g/mol. The van der Waals surface area contributed by atoms with Crippen LogP contribution in [0.1, 0.15) is 40.4 Å². The predicted molar refractivity (Wildman–Crippen MR) is 404 cm³/mol. The van der Waals surface area contributed by atoms with Crippen LogP contribution in [-0.4, -0.2) is 139 Å². The molecule has 0 saturated heterocycles. The number of fused-ring (bicyclic) bond motifs is 1. The molecule has 0 aliphatic rings. The Kier molecular flexibility index (Phi) is 37.3. The molecule has 4 aromatic carbocycles. The lowest BCUT2D eigenvalue weighted by molar-refractivity contribution is -0.140. The highest BCUT2D eigenvalue weighted by Crippen LogP contribution is 2.24. The zero-order valence-electron chi connectivity index (χ0n) is 54.1. The van der Waals surface area contributed by atoms with Gasteiger partial charge in [0.15, 0.2) is 83.6 Å². The van der Waals surface area contributed by atoms with E-state index in [1.54, 1.807) is 148 Å². The number of benzene rings is 4. The van der Waals surface area contributed by atoms with Crippen molar-refractivity contribution in [1.82, 2.24) is 20.1 Å². The maximum absolute atomic E-state index is 11.8. The number of sulfone groups is 6. The number of nitrogens with zero attached hydrogens (tertiary/aromatic N) is 5. The first kappa shape index (κ1) is 87.8. The number of nitrogens with two attached hydrogens (primary N) is 2. The van der Waals surface area contributed by atoms with E-state index < -0.39 is 93.0 Å². The van der Waals surface area contributed by atoms with Gasteiger partial charge in [-0.05, 0) is 124 Å². The summed E-state index contributed by atoms with van der Waals surface area (Å²) in [5, 5.41) is 15.0. The lowest BCUT2D eigenvalue weighted by Gasteiger charge is -2.15. The van der Waals surface area contributed by atoms with Crippen molar-refractivity contribution in [2.45, 2.75) is 68.4 Å². The summed E-state index contributed by atoms with van der Waals surface area (Å²) in [7, 11) is -20.3. The molecule has 6 aromatic heterocycles. The molecule has 38 heteroatoms. The van der Waals surface area contributed by atoms with Crippen molar-refractivity contribution in [3.8, 4) is 17.4 Å². The van der Waals surface area contributed by atoms with E-state index in [1.165, 1.54) is 65.2 Å². The number of aromatic nitrogens is 4. The van der Waals surface area contributed by atoms with Gasteiger partial charge in [-0.3, -0.25) is 9.59 Å². The summed E-state index contributed by atoms with van der Waals surface area (Å²) in [4.78, 5) is 34.1. The van der Waals surface area contributed by atoms with Crippen LogP contribution >= 0.6 is 90.3 Å². The Bertz CT molecular complexity index is 4940. The highest BCUT2D eigenvalue weighted by molar-refractivity contribution is 9.10. The van der Waals surface area contributed by atoms with Gasteiger partial charge < -0.3 is 29.9 Å². The summed E-state index contributed by atoms with van der Waals surface area (Å²) in [6.07, 6.45) is 5.96. The van der Waals surface area contributed by atoms with Crippen molar-refractivity contribution in [3.05, 3.63) is 208 Å². The number of thiophene rings is 2. The first-order chi connectivity index (χ1) is 47.4. The number of hydrogen-bond donors (Lipinski definition) is 2. The summed E-state index contributed by atoms with van der Waals surface area (Å²) in [6.45, 7) is 8.39. The fourth-order valence-electron chi connectivity index (χ4n) is 6.75. The van der Waals surface area contributed by atoms with Gasteiger partial charge in [0.1, 0.15) is 31.4 Å². The summed E-state index contributed by atoms with van der Waals surface area (Å²) in [5.41, 5.74) is 14.3. The highest BCUT2D eigenvalue weighted by atomic mass is 79.9. The smallest absolute Gasteiger partial charge is 0.321 e. The minimum Gasteiger partial charge on any atom is -0.465 e. The van der Waals surface area contributed by atoms with Crippen LogP contribution in [0.15, 0.2) is 234 Å². The number of halogens is 2. The van der Waals surface area contributed by atoms with E-state index in [9.17, 15) is 60.1 Å². The predicted octanol–water partition coefficient (Wildman–Crippen LogP) is 11.6. The summed E-state index contributed by atoms with van der Waals surface area (Å²) < 4.78 is 160. The van der Waals surface area contributed by atoms with Crippen molar-refractivity contribution in [2.75, 3.05) is 42.0 Å². The van der Waals surface area contributed by atoms with E-state index in [-0.39, 0.29) is 54.6 Å². The van der Waals surface area contributed by atoms with E-state index in [2.05, 4.69) is 91.9 Å². The molecular formula is C63H67Br2N7O18S11. The molecule has 25 nitrogen and oxygen atoms in total. The number of rotatable bonds is 19. The number of thiocarbonyl (C=S) groups is 2. The third kappa shape index (κ3) is 33.1. The second-order valence-electron chi connectivity index (χ2n) is 20.3. The highest BCUT2D eigenvalue weighted by Gasteiger charge is 2.28. The molecule has 0 fully saturated rings. The van der Waals surface area contributed by atoms with Crippen molar-refractivity contribution >= 4 is 181 Å². The lowest BCUT2D eigenvalue weighted by atomic mass is 10.2. The molecule has 101 heavy (non-hydrogen) atoms. The van der Waals surface area contributed by atoms with Crippen molar-refractivity contribution in [1.29, 1.82) is 5.26 Å². The maximum Gasteiger partial charge on any atom is 0.321 e. The average molecular weight is 1720 g/mol. The minimum atomic E-state index is -3.56. The van der Waals surface area contributed by atoms with Crippen LogP contribution in [0.5, 0.6) is 0 Å². The minimum absolute atomic E-state index is 0.00259. The van der Waals surface area contributed by atoms with Gasteiger partial charge in [0.05, 0.1) is 71.9 Å². The molecule has 10 rings (SSSR count). The third-order valence-electron chi connectivity index (χ3n) is 11.5. The van der Waals surface area contributed by atoms with E-state index in [1.807, 2.05) is 41.9 Å². The van der Waals surface area contributed by atoms with E-state index in [4.69, 9.17) is 25.7 Å². The second kappa shape index (κ2) is 42.9.